The van der Waals surface area contributed by atoms with E-state index in [9.17, 15) is 8.42 Å². The number of nitrogens with one attached hydrogen (secondary N) is 1. The number of rotatable bonds is 6. The highest BCUT2D eigenvalue weighted by molar-refractivity contribution is 7.89. The minimum absolute atomic E-state index is 0.0817. The van der Waals surface area contributed by atoms with Crippen molar-refractivity contribution in [3.63, 3.8) is 0 Å². The second kappa shape index (κ2) is 6.43. The molecule has 0 spiro atoms. The average molecular weight is 301 g/mol. The third kappa shape index (κ3) is 3.41. The summed E-state index contributed by atoms with van der Waals surface area (Å²) >= 11 is 0. The van der Waals surface area contributed by atoms with Crippen LogP contribution in [0.1, 0.15) is 6.42 Å². The molecule has 0 aromatic heterocycles. The van der Waals surface area contributed by atoms with E-state index >= 15 is 0 Å². The molecule has 1 N–H and O–H groups in total. The van der Waals surface area contributed by atoms with Gasteiger partial charge in [-0.25, -0.2) is 13.1 Å². The third-order valence-electron chi connectivity index (χ3n) is 3.25. The molecule has 1 atom stereocenters. The van der Waals surface area contributed by atoms with Gasteiger partial charge in [-0.1, -0.05) is 0 Å². The first-order valence-corrected chi connectivity index (χ1v) is 7.84. The minimum Gasteiger partial charge on any atom is -0.497 e. The van der Waals surface area contributed by atoms with E-state index in [0.717, 1.165) is 6.42 Å². The number of sulfonamides is 1. The van der Waals surface area contributed by atoms with E-state index in [1.165, 1.54) is 20.3 Å². The predicted octanol–water partition coefficient (Wildman–Crippen LogP) is 1.02. The highest BCUT2D eigenvalue weighted by Crippen LogP contribution is 2.28. The van der Waals surface area contributed by atoms with Crippen LogP contribution in [0, 0.1) is 5.92 Å². The molecule has 0 aliphatic carbocycles. The Balaban J connectivity index is 2.18. The van der Waals surface area contributed by atoms with Crippen molar-refractivity contribution in [2.45, 2.75) is 11.3 Å². The highest BCUT2D eigenvalue weighted by Gasteiger charge is 2.23. The van der Waals surface area contributed by atoms with Crippen molar-refractivity contribution in [3.8, 4) is 11.5 Å². The zero-order valence-corrected chi connectivity index (χ0v) is 12.4. The quantitative estimate of drug-likeness (QED) is 0.849. The van der Waals surface area contributed by atoms with E-state index in [1.807, 2.05) is 0 Å². The molecule has 1 aromatic carbocycles. The van der Waals surface area contributed by atoms with Gasteiger partial charge in [0.1, 0.15) is 16.4 Å². The lowest BCUT2D eigenvalue weighted by Gasteiger charge is -2.13. The number of ether oxygens (including phenoxy) is 3. The Morgan fingerprint density at radius 3 is 2.75 bits per heavy atom. The van der Waals surface area contributed by atoms with Crippen molar-refractivity contribution in [2.24, 2.45) is 5.92 Å². The van der Waals surface area contributed by atoms with Crippen molar-refractivity contribution in [2.75, 3.05) is 34.0 Å². The molecule has 1 aromatic rings. The molecule has 0 amide bonds. The Morgan fingerprint density at radius 1 is 1.35 bits per heavy atom. The first-order valence-electron chi connectivity index (χ1n) is 6.36. The van der Waals surface area contributed by atoms with Gasteiger partial charge in [0.05, 0.1) is 20.8 Å². The second-order valence-electron chi connectivity index (χ2n) is 4.60. The first kappa shape index (κ1) is 15.1. The zero-order valence-electron chi connectivity index (χ0n) is 11.6. The van der Waals surface area contributed by atoms with Crippen LogP contribution >= 0.6 is 0 Å². The van der Waals surface area contributed by atoms with Crippen LogP contribution in [0.2, 0.25) is 0 Å². The lowest BCUT2D eigenvalue weighted by atomic mass is 10.1. The summed E-state index contributed by atoms with van der Waals surface area (Å²) in [6, 6.07) is 4.68. The van der Waals surface area contributed by atoms with Crippen molar-refractivity contribution < 1.29 is 22.6 Å². The molecule has 1 fully saturated rings. The van der Waals surface area contributed by atoms with Crippen molar-refractivity contribution >= 4 is 10.0 Å². The van der Waals surface area contributed by atoms with Gasteiger partial charge in [-0.15, -0.1) is 0 Å². The molecule has 1 saturated heterocycles. The average Bonchev–Trinajstić information content (AvgIpc) is 2.98. The highest BCUT2D eigenvalue weighted by atomic mass is 32.2. The lowest BCUT2D eigenvalue weighted by molar-refractivity contribution is 0.186. The van der Waals surface area contributed by atoms with E-state index in [-0.39, 0.29) is 10.8 Å². The van der Waals surface area contributed by atoms with E-state index in [2.05, 4.69) is 4.72 Å². The number of benzene rings is 1. The summed E-state index contributed by atoms with van der Waals surface area (Å²) in [7, 11) is -0.710. The molecule has 1 aliphatic heterocycles. The van der Waals surface area contributed by atoms with Crippen LogP contribution in [0.15, 0.2) is 23.1 Å². The van der Waals surface area contributed by atoms with Crippen LogP contribution in [-0.2, 0) is 14.8 Å². The van der Waals surface area contributed by atoms with Crippen molar-refractivity contribution in [1.29, 1.82) is 0 Å². The molecule has 0 radical (unpaired) electrons. The van der Waals surface area contributed by atoms with Gasteiger partial charge in [-0.2, -0.15) is 0 Å². The zero-order chi connectivity index (χ0) is 14.6. The Kier molecular flexibility index (Phi) is 4.85. The summed E-state index contributed by atoms with van der Waals surface area (Å²) in [6.07, 6.45) is 0.873. The van der Waals surface area contributed by atoms with Gasteiger partial charge in [-0.05, 0) is 24.5 Å². The van der Waals surface area contributed by atoms with Crippen LogP contribution in [0.25, 0.3) is 0 Å². The van der Waals surface area contributed by atoms with E-state index in [1.54, 1.807) is 12.1 Å². The number of methoxy groups -OCH3 is 2. The van der Waals surface area contributed by atoms with E-state index in [4.69, 9.17) is 14.2 Å². The lowest BCUT2D eigenvalue weighted by Crippen LogP contribution is -2.30. The fourth-order valence-corrected chi connectivity index (χ4v) is 3.34. The van der Waals surface area contributed by atoms with Gasteiger partial charge >= 0.3 is 0 Å². The fourth-order valence-electron chi connectivity index (χ4n) is 2.04. The summed E-state index contributed by atoms with van der Waals surface area (Å²) in [5, 5.41) is 0. The maximum absolute atomic E-state index is 12.3. The number of hydrogen-bond donors (Lipinski definition) is 1. The summed E-state index contributed by atoms with van der Waals surface area (Å²) < 4.78 is 42.7. The molecular formula is C13H19NO5S. The summed E-state index contributed by atoms with van der Waals surface area (Å²) in [6.45, 7) is 1.65. The Morgan fingerprint density at radius 2 is 2.15 bits per heavy atom. The van der Waals surface area contributed by atoms with Gasteiger partial charge < -0.3 is 14.2 Å². The Hall–Kier alpha value is -1.31. The van der Waals surface area contributed by atoms with E-state index in [0.29, 0.717) is 31.3 Å². The largest absolute Gasteiger partial charge is 0.497 e. The SMILES string of the molecule is COc1ccc(OC)c(S(=O)(=O)NC[C@@H]2CCOC2)c1. The van der Waals surface area contributed by atoms with Gasteiger partial charge in [-0.3, -0.25) is 0 Å². The molecule has 0 unspecified atom stereocenters. The maximum atomic E-state index is 12.3. The minimum atomic E-state index is -3.63. The molecule has 6 nitrogen and oxygen atoms in total. The van der Waals surface area contributed by atoms with Gasteiger partial charge in [0.15, 0.2) is 0 Å². The topological polar surface area (TPSA) is 73.9 Å². The predicted molar refractivity (Wildman–Crippen MR) is 73.7 cm³/mol. The van der Waals surface area contributed by atoms with Crippen LogP contribution in [-0.4, -0.2) is 42.4 Å². The molecule has 20 heavy (non-hydrogen) atoms. The van der Waals surface area contributed by atoms with Crippen LogP contribution in [0.5, 0.6) is 11.5 Å². The maximum Gasteiger partial charge on any atom is 0.244 e. The normalized spacial score (nSPS) is 19.0. The van der Waals surface area contributed by atoms with Crippen LogP contribution in [0.3, 0.4) is 0 Å². The molecule has 112 valence electrons. The molecule has 1 heterocycles. The number of hydrogen-bond acceptors (Lipinski definition) is 5. The third-order valence-corrected chi connectivity index (χ3v) is 4.69. The van der Waals surface area contributed by atoms with Crippen molar-refractivity contribution in [1.82, 2.24) is 4.72 Å². The second-order valence-corrected chi connectivity index (χ2v) is 6.33. The monoisotopic (exact) mass is 301 g/mol. The first-order chi connectivity index (χ1) is 9.56. The molecule has 1 aliphatic rings. The molecule has 7 heteroatoms. The molecular weight excluding hydrogens is 282 g/mol. The van der Waals surface area contributed by atoms with Gasteiger partial charge in [0.25, 0.3) is 0 Å². The van der Waals surface area contributed by atoms with Gasteiger partial charge in [0, 0.05) is 19.2 Å². The molecule has 0 bridgehead atoms. The van der Waals surface area contributed by atoms with Crippen LogP contribution < -0.4 is 14.2 Å². The summed E-state index contributed by atoms with van der Waals surface area (Å²) in [4.78, 5) is 0.0817. The fraction of sp³-hybridized carbons (Fsp3) is 0.538. The summed E-state index contributed by atoms with van der Waals surface area (Å²) in [5.74, 6) is 0.984. The Labute approximate surface area is 119 Å². The molecule has 2 rings (SSSR count). The van der Waals surface area contributed by atoms with Crippen LogP contribution in [0.4, 0.5) is 0 Å². The summed E-state index contributed by atoms with van der Waals surface area (Å²) in [5.41, 5.74) is 0. The Bertz CT molecular complexity index is 552. The standard InChI is InChI=1S/C13H19NO5S/c1-17-11-3-4-12(18-2)13(7-11)20(15,16)14-8-10-5-6-19-9-10/h3-4,7,10,14H,5-6,8-9H2,1-2H3/t10-/m0/s1. The van der Waals surface area contributed by atoms with E-state index < -0.39 is 10.0 Å². The molecule has 0 saturated carbocycles. The van der Waals surface area contributed by atoms with Gasteiger partial charge in [0.2, 0.25) is 10.0 Å². The smallest absolute Gasteiger partial charge is 0.244 e. The van der Waals surface area contributed by atoms with Crippen molar-refractivity contribution in [3.05, 3.63) is 18.2 Å².